The van der Waals surface area contributed by atoms with E-state index in [1.807, 2.05) is 0 Å². The molecule has 0 heterocycles. The highest BCUT2D eigenvalue weighted by atomic mass is 14.3. The zero-order chi connectivity index (χ0) is 11.9. The first-order chi connectivity index (χ1) is 8.93. The fourth-order valence-electron chi connectivity index (χ4n) is 3.66. The van der Waals surface area contributed by atoms with Gasteiger partial charge >= 0.3 is 0 Å². The lowest BCUT2D eigenvalue weighted by Crippen LogP contribution is -1.95. The number of rotatable bonds is 0. The molecule has 0 nitrogen and oxygen atoms in total. The van der Waals surface area contributed by atoms with Gasteiger partial charge in [0.05, 0.1) is 0 Å². The highest BCUT2D eigenvalue weighted by Gasteiger charge is 2.23. The second-order valence-corrected chi connectivity index (χ2v) is 5.63. The predicted molar refractivity (Wildman–Crippen MR) is 75.9 cm³/mol. The number of fused-ring (bicyclic) bond motifs is 5. The van der Waals surface area contributed by atoms with Crippen molar-refractivity contribution in [1.82, 2.24) is 0 Å². The monoisotopic (exact) mass is 234 g/mol. The van der Waals surface area contributed by atoms with Crippen molar-refractivity contribution in [3.8, 4) is 11.1 Å². The summed E-state index contributed by atoms with van der Waals surface area (Å²) < 4.78 is 0. The molecule has 0 N–H and O–H groups in total. The summed E-state index contributed by atoms with van der Waals surface area (Å²) in [5.74, 6) is 0. The summed E-state index contributed by atoms with van der Waals surface area (Å²) in [6.07, 6.45) is 7.83. The molecule has 0 saturated heterocycles. The molecule has 0 spiro atoms. The van der Waals surface area contributed by atoms with Crippen molar-refractivity contribution in [1.29, 1.82) is 0 Å². The molecule has 0 bridgehead atoms. The van der Waals surface area contributed by atoms with Crippen LogP contribution in [0.2, 0.25) is 0 Å². The van der Waals surface area contributed by atoms with Gasteiger partial charge in [-0.2, -0.15) is 0 Å². The maximum absolute atomic E-state index is 2.39. The highest BCUT2D eigenvalue weighted by molar-refractivity contribution is 5.80. The first-order valence-corrected chi connectivity index (χ1v) is 7.15. The zero-order valence-electron chi connectivity index (χ0n) is 10.7. The van der Waals surface area contributed by atoms with E-state index < -0.39 is 0 Å². The van der Waals surface area contributed by atoms with Crippen LogP contribution in [0.4, 0.5) is 0 Å². The van der Waals surface area contributed by atoms with Crippen molar-refractivity contribution < 1.29 is 0 Å². The van der Waals surface area contributed by atoms with Gasteiger partial charge in [0.15, 0.2) is 0 Å². The van der Waals surface area contributed by atoms with Crippen molar-refractivity contribution in [3.63, 3.8) is 0 Å². The van der Waals surface area contributed by atoms with E-state index in [1.165, 1.54) is 43.2 Å². The van der Waals surface area contributed by atoms with Crippen molar-refractivity contribution >= 4 is 0 Å². The minimum absolute atomic E-state index is 1.14. The van der Waals surface area contributed by atoms with Gasteiger partial charge in [0.1, 0.15) is 0 Å². The third kappa shape index (κ3) is 1.45. The van der Waals surface area contributed by atoms with Crippen molar-refractivity contribution in [2.75, 3.05) is 0 Å². The van der Waals surface area contributed by atoms with Gasteiger partial charge in [0, 0.05) is 0 Å². The maximum atomic E-state index is 2.39. The molecule has 0 aromatic heterocycles. The van der Waals surface area contributed by atoms with E-state index in [9.17, 15) is 0 Å². The lowest BCUT2D eigenvalue weighted by molar-refractivity contribution is 0.712. The Balaban J connectivity index is 1.97. The van der Waals surface area contributed by atoms with Crippen molar-refractivity contribution in [3.05, 3.63) is 58.7 Å². The topological polar surface area (TPSA) is 0 Å². The Morgan fingerprint density at radius 2 is 1.50 bits per heavy atom. The number of benzene rings is 2. The van der Waals surface area contributed by atoms with Crippen LogP contribution in [0.3, 0.4) is 0 Å². The van der Waals surface area contributed by atoms with E-state index >= 15 is 0 Å². The summed E-state index contributed by atoms with van der Waals surface area (Å²) in [6, 6.07) is 13.7. The van der Waals surface area contributed by atoms with E-state index in [-0.39, 0.29) is 0 Å². The van der Waals surface area contributed by atoms with Crippen LogP contribution in [-0.2, 0) is 19.3 Å². The Morgan fingerprint density at radius 1 is 0.667 bits per heavy atom. The van der Waals surface area contributed by atoms with Crippen LogP contribution in [0.15, 0.2) is 36.4 Å². The quantitative estimate of drug-likeness (QED) is 0.501. The summed E-state index contributed by atoms with van der Waals surface area (Å²) in [5, 5.41) is 0. The summed E-state index contributed by atoms with van der Waals surface area (Å²) in [7, 11) is 0. The third-order valence-electron chi connectivity index (χ3n) is 4.54. The fourth-order valence-corrected chi connectivity index (χ4v) is 3.66. The molecule has 18 heavy (non-hydrogen) atoms. The second-order valence-electron chi connectivity index (χ2n) is 5.63. The molecule has 4 rings (SSSR count). The van der Waals surface area contributed by atoms with Crippen LogP contribution >= 0.6 is 0 Å². The third-order valence-corrected chi connectivity index (χ3v) is 4.54. The van der Waals surface area contributed by atoms with Crippen LogP contribution in [-0.4, -0.2) is 0 Å². The van der Waals surface area contributed by atoms with Gasteiger partial charge in [-0.1, -0.05) is 42.8 Å². The first kappa shape index (κ1) is 10.4. The molecule has 0 radical (unpaired) electrons. The Labute approximate surface area is 109 Å². The van der Waals surface area contributed by atoms with Gasteiger partial charge < -0.3 is 0 Å². The molecule has 2 aromatic carbocycles. The van der Waals surface area contributed by atoms with Gasteiger partial charge in [-0.05, 0) is 65.5 Å². The second kappa shape index (κ2) is 3.98. The zero-order valence-corrected chi connectivity index (χ0v) is 10.7. The Morgan fingerprint density at radius 3 is 2.50 bits per heavy atom. The largest absolute Gasteiger partial charge is 0.0619 e. The van der Waals surface area contributed by atoms with Crippen molar-refractivity contribution in [2.24, 2.45) is 0 Å². The van der Waals surface area contributed by atoms with Gasteiger partial charge in [-0.15, -0.1) is 0 Å². The van der Waals surface area contributed by atoms with Gasteiger partial charge in [-0.3, -0.25) is 0 Å². The molecule has 2 aliphatic rings. The molecular formula is C18H18. The summed E-state index contributed by atoms with van der Waals surface area (Å²) in [4.78, 5) is 0. The summed E-state index contributed by atoms with van der Waals surface area (Å²) in [5.41, 5.74) is 9.44. The number of hydrogen-bond acceptors (Lipinski definition) is 0. The van der Waals surface area contributed by atoms with Gasteiger partial charge in [0.2, 0.25) is 0 Å². The van der Waals surface area contributed by atoms with E-state index in [2.05, 4.69) is 36.4 Å². The first-order valence-electron chi connectivity index (χ1n) is 7.15. The van der Waals surface area contributed by atoms with E-state index in [0.717, 1.165) is 6.42 Å². The normalized spacial score (nSPS) is 16.7. The minimum Gasteiger partial charge on any atom is -0.0619 e. The van der Waals surface area contributed by atoms with Crippen LogP contribution in [0.25, 0.3) is 11.1 Å². The predicted octanol–water partition coefficient (Wildman–Crippen LogP) is 4.53. The smallest absolute Gasteiger partial charge is 0.00133 e. The van der Waals surface area contributed by atoms with E-state index in [4.69, 9.17) is 0 Å². The van der Waals surface area contributed by atoms with E-state index in [0.29, 0.717) is 0 Å². The minimum atomic E-state index is 1.14. The fraction of sp³-hybridized carbons (Fsp3) is 0.333. The van der Waals surface area contributed by atoms with E-state index in [1.54, 1.807) is 22.3 Å². The van der Waals surface area contributed by atoms with Gasteiger partial charge in [-0.25, -0.2) is 0 Å². The maximum Gasteiger partial charge on any atom is -0.00133 e. The molecule has 0 unspecified atom stereocenters. The molecule has 2 aromatic rings. The lowest BCUT2D eigenvalue weighted by atomic mass is 9.92. The SMILES string of the molecule is c1ccc2c(c1)Cc1ccc3c(c1-2)CCCCC3. The molecule has 0 saturated carbocycles. The Kier molecular flexibility index (Phi) is 2.29. The van der Waals surface area contributed by atoms with Gasteiger partial charge in [0.25, 0.3) is 0 Å². The number of aryl methyl sites for hydroxylation is 1. The Bertz CT molecular complexity index is 607. The molecule has 0 atom stereocenters. The molecule has 0 heteroatoms. The van der Waals surface area contributed by atoms with Crippen LogP contribution in [0.5, 0.6) is 0 Å². The number of hydrogen-bond donors (Lipinski definition) is 0. The molecule has 0 amide bonds. The highest BCUT2D eigenvalue weighted by Crippen LogP contribution is 2.41. The molecular weight excluding hydrogens is 216 g/mol. The Hall–Kier alpha value is -1.56. The molecule has 90 valence electrons. The van der Waals surface area contributed by atoms with Crippen molar-refractivity contribution in [2.45, 2.75) is 38.5 Å². The molecule has 0 aliphatic heterocycles. The summed E-state index contributed by atoms with van der Waals surface area (Å²) >= 11 is 0. The van der Waals surface area contributed by atoms with Crippen LogP contribution in [0, 0.1) is 0 Å². The molecule has 0 fully saturated rings. The average Bonchev–Trinajstić information content (AvgIpc) is 2.61. The average molecular weight is 234 g/mol. The standard InChI is InChI=1S/C18H18/c1-2-6-13-10-11-15-12-14-7-4-5-9-17(14)18(15)16(13)8-3-1/h4-5,7,9-11H,1-3,6,8,12H2. The summed E-state index contributed by atoms with van der Waals surface area (Å²) in [6.45, 7) is 0. The van der Waals surface area contributed by atoms with Crippen LogP contribution in [0.1, 0.15) is 41.5 Å². The van der Waals surface area contributed by atoms with Crippen LogP contribution < -0.4 is 0 Å². The molecule has 2 aliphatic carbocycles. The lowest BCUT2D eigenvalue weighted by Gasteiger charge is -2.12.